The zero-order valence-electron chi connectivity index (χ0n) is 12.4. The Morgan fingerprint density at radius 1 is 1.19 bits per heavy atom. The van der Waals surface area contributed by atoms with Crippen LogP contribution in [0.3, 0.4) is 0 Å². The predicted octanol–water partition coefficient (Wildman–Crippen LogP) is 4.38. The maximum atomic E-state index is 12.1. The van der Waals surface area contributed by atoms with Gasteiger partial charge in [0.05, 0.1) is 2.88 Å². The summed E-state index contributed by atoms with van der Waals surface area (Å²) in [5.74, 6) is 0.120. The van der Waals surface area contributed by atoms with Crippen LogP contribution < -0.4 is 5.32 Å². The van der Waals surface area contributed by atoms with Crippen molar-refractivity contribution >= 4 is 39.8 Å². The Kier molecular flexibility index (Phi) is 5.81. The number of amides is 1. The van der Waals surface area contributed by atoms with Crippen LogP contribution in [-0.4, -0.2) is 12.5 Å². The summed E-state index contributed by atoms with van der Waals surface area (Å²) in [5, 5.41) is 3.03. The summed E-state index contributed by atoms with van der Waals surface area (Å²) in [6.07, 6.45) is 1.42. The average molecular weight is 413 g/mol. The zero-order chi connectivity index (χ0) is 15.3. The maximum Gasteiger partial charge on any atom is 0.220 e. The topological polar surface area (TPSA) is 29.1 Å². The fourth-order valence-corrected chi connectivity index (χ4v) is 4.02. The van der Waals surface area contributed by atoms with Gasteiger partial charge in [0.1, 0.15) is 0 Å². The molecule has 0 saturated carbocycles. The first-order valence-corrected chi connectivity index (χ1v) is 8.93. The fourth-order valence-electron chi connectivity index (χ4n) is 2.27. The van der Waals surface area contributed by atoms with Crippen LogP contribution in [0.25, 0.3) is 0 Å². The lowest BCUT2D eigenvalue weighted by molar-refractivity contribution is -0.122. The molecule has 2 aromatic rings. The summed E-state index contributed by atoms with van der Waals surface area (Å²) in [7, 11) is 0. The number of halogens is 1. The molecule has 2 nitrogen and oxygen atoms in total. The molecular formula is C17H20INOS. The number of thiophene rings is 1. The van der Waals surface area contributed by atoms with Crippen molar-refractivity contribution in [1.82, 2.24) is 5.32 Å². The Hall–Kier alpha value is -0.880. The zero-order valence-corrected chi connectivity index (χ0v) is 15.3. The van der Waals surface area contributed by atoms with Gasteiger partial charge in [-0.25, -0.2) is 0 Å². The summed E-state index contributed by atoms with van der Waals surface area (Å²) < 4.78 is 1.29. The number of benzene rings is 1. The molecule has 1 heterocycles. The van der Waals surface area contributed by atoms with Crippen molar-refractivity contribution in [2.45, 2.75) is 32.1 Å². The molecule has 0 spiro atoms. The lowest BCUT2D eigenvalue weighted by atomic mass is 9.81. The van der Waals surface area contributed by atoms with Gasteiger partial charge in [-0.15, -0.1) is 11.3 Å². The van der Waals surface area contributed by atoms with E-state index in [1.165, 1.54) is 13.3 Å². The summed E-state index contributed by atoms with van der Waals surface area (Å²) in [5.41, 5.74) is 1.07. The first-order chi connectivity index (χ1) is 9.97. The van der Waals surface area contributed by atoms with E-state index >= 15 is 0 Å². The molecule has 0 radical (unpaired) electrons. The molecule has 0 atom stereocenters. The number of hydrogen-bond donors (Lipinski definition) is 1. The van der Waals surface area contributed by atoms with Crippen LogP contribution in [0.15, 0.2) is 42.5 Å². The van der Waals surface area contributed by atoms with E-state index in [0.717, 1.165) is 6.42 Å². The van der Waals surface area contributed by atoms with Crippen molar-refractivity contribution in [3.8, 4) is 0 Å². The molecular weight excluding hydrogens is 393 g/mol. The van der Waals surface area contributed by atoms with Gasteiger partial charge in [0, 0.05) is 17.8 Å². The Morgan fingerprint density at radius 2 is 1.90 bits per heavy atom. The second-order valence-electron chi connectivity index (χ2n) is 5.73. The Bertz CT molecular complexity index is 592. The Morgan fingerprint density at radius 3 is 2.52 bits per heavy atom. The molecule has 0 aliphatic heterocycles. The number of nitrogens with one attached hydrogen (secondary N) is 1. The van der Waals surface area contributed by atoms with Crippen LogP contribution in [0.1, 0.15) is 30.7 Å². The molecule has 1 N–H and O–H groups in total. The molecule has 1 aromatic heterocycles. The normalized spacial score (nSPS) is 11.4. The number of carbonyl (C=O) groups excluding carboxylic acids is 1. The third-order valence-electron chi connectivity index (χ3n) is 3.48. The summed E-state index contributed by atoms with van der Waals surface area (Å²) in [6, 6.07) is 14.5. The minimum Gasteiger partial charge on any atom is -0.356 e. The van der Waals surface area contributed by atoms with Gasteiger partial charge >= 0.3 is 0 Å². The lowest BCUT2D eigenvalue weighted by Gasteiger charge is -2.24. The highest BCUT2D eigenvalue weighted by atomic mass is 127. The molecule has 21 heavy (non-hydrogen) atoms. The maximum absolute atomic E-state index is 12.1. The Labute approximate surface area is 144 Å². The van der Waals surface area contributed by atoms with Crippen LogP contribution in [0.2, 0.25) is 0 Å². The standard InChI is InChI=1S/C17H20INOS/c1-17(2,13-6-4-3-5-7-13)12-16(20)19-11-10-14-8-9-15(18)21-14/h3-9H,10-12H2,1-2H3,(H,19,20). The van der Waals surface area contributed by atoms with Gasteiger partial charge in [-0.3, -0.25) is 4.79 Å². The minimum atomic E-state index is -0.135. The van der Waals surface area contributed by atoms with Crippen molar-refractivity contribution < 1.29 is 4.79 Å². The molecule has 1 aromatic carbocycles. The van der Waals surface area contributed by atoms with Gasteiger partial charge in [-0.2, -0.15) is 0 Å². The molecule has 0 aliphatic rings. The third kappa shape index (κ3) is 5.11. The molecule has 0 unspecified atom stereocenters. The quantitative estimate of drug-likeness (QED) is 0.700. The lowest BCUT2D eigenvalue weighted by Crippen LogP contribution is -2.32. The number of rotatable bonds is 6. The fraction of sp³-hybridized carbons (Fsp3) is 0.353. The number of carbonyl (C=O) groups is 1. The van der Waals surface area contributed by atoms with Gasteiger partial charge in [0.2, 0.25) is 5.91 Å². The van der Waals surface area contributed by atoms with Crippen molar-refractivity contribution in [2.75, 3.05) is 6.54 Å². The van der Waals surface area contributed by atoms with E-state index in [4.69, 9.17) is 0 Å². The van der Waals surface area contributed by atoms with E-state index in [-0.39, 0.29) is 11.3 Å². The molecule has 1 amide bonds. The van der Waals surface area contributed by atoms with Crippen molar-refractivity contribution in [3.05, 3.63) is 55.8 Å². The second kappa shape index (κ2) is 7.40. The van der Waals surface area contributed by atoms with Gasteiger partial charge < -0.3 is 5.32 Å². The van der Waals surface area contributed by atoms with Gasteiger partial charge in [0.25, 0.3) is 0 Å². The van der Waals surface area contributed by atoms with E-state index in [9.17, 15) is 4.79 Å². The average Bonchev–Trinajstić information content (AvgIpc) is 2.85. The van der Waals surface area contributed by atoms with E-state index in [0.29, 0.717) is 13.0 Å². The molecule has 2 rings (SSSR count). The van der Waals surface area contributed by atoms with Gasteiger partial charge in [0.15, 0.2) is 0 Å². The van der Waals surface area contributed by atoms with Crippen LogP contribution >= 0.6 is 33.9 Å². The minimum absolute atomic E-state index is 0.120. The Balaban J connectivity index is 1.81. The van der Waals surface area contributed by atoms with E-state index in [1.807, 2.05) is 18.2 Å². The molecule has 112 valence electrons. The van der Waals surface area contributed by atoms with Crippen LogP contribution in [0.5, 0.6) is 0 Å². The van der Waals surface area contributed by atoms with Gasteiger partial charge in [-0.05, 0) is 52.1 Å². The molecule has 0 aliphatic carbocycles. The largest absolute Gasteiger partial charge is 0.356 e. The highest BCUT2D eigenvalue weighted by Gasteiger charge is 2.23. The van der Waals surface area contributed by atoms with E-state index in [2.05, 4.69) is 66.0 Å². The van der Waals surface area contributed by atoms with Crippen molar-refractivity contribution in [2.24, 2.45) is 0 Å². The van der Waals surface area contributed by atoms with Crippen molar-refractivity contribution in [3.63, 3.8) is 0 Å². The summed E-state index contributed by atoms with van der Waals surface area (Å²) >= 11 is 4.11. The first-order valence-electron chi connectivity index (χ1n) is 7.04. The molecule has 4 heteroatoms. The molecule has 0 fully saturated rings. The SMILES string of the molecule is CC(C)(CC(=O)NCCc1ccc(I)s1)c1ccccc1. The van der Waals surface area contributed by atoms with Crippen molar-refractivity contribution in [1.29, 1.82) is 0 Å². The van der Waals surface area contributed by atoms with Gasteiger partial charge in [-0.1, -0.05) is 44.2 Å². The summed E-state index contributed by atoms with van der Waals surface area (Å²) in [6.45, 7) is 4.94. The third-order valence-corrected chi connectivity index (χ3v) is 5.43. The van der Waals surface area contributed by atoms with Crippen LogP contribution in [-0.2, 0) is 16.6 Å². The molecule has 0 saturated heterocycles. The smallest absolute Gasteiger partial charge is 0.220 e. The highest BCUT2D eigenvalue weighted by molar-refractivity contribution is 14.1. The predicted molar refractivity (Wildman–Crippen MR) is 97.8 cm³/mol. The summed E-state index contributed by atoms with van der Waals surface area (Å²) in [4.78, 5) is 13.4. The van der Waals surface area contributed by atoms with Crippen LogP contribution in [0.4, 0.5) is 0 Å². The highest BCUT2D eigenvalue weighted by Crippen LogP contribution is 2.26. The first kappa shape index (κ1) is 16.5. The second-order valence-corrected chi connectivity index (χ2v) is 8.79. The van der Waals surface area contributed by atoms with E-state index < -0.39 is 0 Å². The molecule has 0 bridgehead atoms. The monoisotopic (exact) mass is 413 g/mol. The van der Waals surface area contributed by atoms with E-state index in [1.54, 1.807) is 11.3 Å². The van der Waals surface area contributed by atoms with Crippen LogP contribution in [0, 0.1) is 2.88 Å². The number of hydrogen-bond acceptors (Lipinski definition) is 2.